The minimum absolute atomic E-state index is 0.0213. The van der Waals surface area contributed by atoms with Crippen LogP contribution in [0.1, 0.15) is 39.9 Å². The molecule has 1 aliphatic rings. The molecule has 0 saturated carbocycles. The van der Waals surface area contributed by atoms with Gasteiger partial charge in [-0.2, -0.15) is 5.10 Å². The van der Waals surface area contributed by atoms with Crippen LogP contribution in [0.5, 0.6) is 0 Å². The molecule has 3 N–H and O–H groups in total. The smallest absolute Gasteiger partial charge is 0.255 e. The second kappa shape index (κ2) is 9.29. The highest BCUT2D eigenvalue weighted by Crippen LogP contribution is 2.33. The Morgan fingerprint density at radius 2 is 2.03 bits per heavy atom. The van der Waals surface area contributed by atoms with Crippen LogP contribution in [0.3, 0.4) is 0 Å². The standard InChI is InChI=1S/C24H19F2N7O2/c25-16-6-3-5-14(10-16)24(34)29-20-12-28-23(30-22(20)27)19-11-21(18-8-9-35-32-18)33(31-19)13-15-4-1-2-7-17(15)26/h1-10,12,21H,11,13H2,(H,29,34)(H2,27,28,30). The quantitative estimate of drug-likeness (QED) is 0.433. The summed E-state index contributed by atoms with van der Waals surface area (Å²) >= 11 is 0. The van der Waals surface area contributed by atoms with Gasteiger partial charge >= 0.3 is 0 Å². The van der Waals surface area contributed by atoms with Crippen LogP contribution in [-0.2, 0) is 6.54 Å². The van der Waals surface area contributed by atoms with E-state index in [1.807, 2.05) is 0 Å². The Kier molecular flexibility index (Phi) is 5.88. The van der Waals surface area contributed by atoms with Crippen molar-refractivity contribution in [1.82, 2.24) is 20.1 Å². The van der Waals surface area contributed by atoms with Gasteiger partial charge in [-0.3, -0.25) is 9.80 Å². The van der Waals surface area contributed by atoms with Crippen LogP contribution in [0.15, 0.2) is 76.7 Å². The third-order valence-electron chi connectivity index (χ3n) is 5.50. The molecule has 9 nitrogen and oxygen atoms in total. The molecule has 5 rings (SSSR count). The molecule has 1 atom stereocenters. The number of halogens is 2. The fourth-order valence-electron chi connectivity index (χ4n) is 3.74. The lowest BCUT2D eigenvalue weighted by Crippen LogP contribution is -2.20. The lowest BCUT2D eigenvalue weighted by atomic mass is 10.1. The van der Waals surface area contributed by atoms with Gasteiger partial charge in [0.05, 0.1) is 18.8 Å². The Morgan fingerprint density at radius 3 is 2.77 bits per heavy atom. The zero-order valence-corrected chi connectivity index (χ0v) is 18.2. The van der Waals surface area contributed by atoms with Crippen LogP contribution in [-0.4, -0.2) is 31.8 Å². The number of anilines is 2. The Labute approximate surface area is 198 Å². The van der Waals surface area contributed by atoms with Crippen molar-refractivity contribution in [2.24, 2.45) is 5.10 Å². The minimum atomic E-state index is -0.548. The van der Waals surface area contributed by atoms with Gasteiger partial charge in [0.15, 0.2) is 11.6 Å². The van der Waals surface area contributed by atoms with Gasteiger partial charge in [0, 0.05) is 23.6 Å². The van der Waals surface area contributed by atoms with Crippen molar-refractivity contribution in [3.63, 3.8) is 0 Å². The molecule has 3 heterocycles. The molecule has 11 heteroatoms. The van der Waals surface area contributed by atoms with Gasteiger partial charge in [-0.05, 0) is 24.3 Å². The fraction of sp³-hybridized carbons (Fsp3) is 0.125. The van der Waals surface area contributed by atoms with E-state index in [-0.39, 0.29) is 41.3 Å². The number of hydrazone groups is 1. The van der Waals surface area contributed by atoms with E-state index in [2.05, 4.69) is 25.5 Å². The minimum Gasteiger partial charge on any atom is -0.382 e. The van der Waals surface area contributed by atoms with Crippen LogP contribution in [0.2, 0.25) is 0 Å². The van der Waals surface area contributed by atoms with Crippen molar-refractivity contribution in [2.45, 2.75) is 19.0 Å². The Balaban J connectivity index is 1.39. The van der Waals surface area contributed by atoms with E-state index >= 15 is 0 Å². The van der Waals surface area contributed by atoms with Gasteiger partial charge in [0.2, 0.25) is 0 Å². The normalized spacial score (nSPS) is 15.2. The van der Waals surface area contributed by atoms with Crippen LogP contribution in [0, 0.1) is 11.6 Å². The number of rotatable bonds is 6. The first-order chi connectivity index (χ1) is 17.0. The van der Waals surface area contributed by atoms with Crippen LogP contribution in [0.4, 0.5) is 20.3 Å². The number of benzene rings is 2. The highest BCUT2D eigenvalue weighted by Gasteiger charge is 2.32. The molecule has 1 aliphatic heterocycles. The van der Waals surface area contributed by atoms with Crippen molar-refractivity contribution in [3.05, 3.63) is 101 Å². The number of nitrogens with two attached hydrogens (primary N) is 1. The van der Waals surface area contributed by atoms with E-state index in [1.165, 1.54) is 36.7 Å². The first kappa shape index (κ1) is 22.1. The summed E-state index contributed by atoms with van der Waals surface area (Å²) in [4.78, 5) is 21.0. The Bertz CT molecular complexity index is 1410. The number of hydrogen-bond acceptors (Lipinski definition) is 8. The lowest BCUT2D eigenvalue weighted by Gasteiger charge is -2.21. The van der Waals surface area contributed by atoms with Gasteiger partial charge in [0.1, 0.15) is 35.0 Å². The molecule has 0 fully saturated rings. The van der Waals surface area contributed by atoms with E-state index in [9.17, 15) is 13.6 Å². The molecular weight excluding hydrogens is 456 g/mol. The zero-order valence-electron chi connectivity index (χ0n) is 18.2. The van der Waals surface area contributed by atoms with Crippen LogP contribution >= 0.6 is 0 Å². The third kappa shape index (κ3) is 4.69. The van der Waals surface area contributed by atoms with Crippen molar-refractivity contribution >= 4 is 23.1 Å². The summed E-state index contributed by atoms with van der Waals surface area (Å²) < 4.78 is 32.7. The Hall–Kier alpha value is -4.67. The van der Waals surface area contributed by atoms with Crippen LogP contribution < -0.4 is 11.1 Å². The summed E-state index contributed by atoms with van der Waals surface area (Å²) in [5.74, 6) is -1.14. The monoisotopic (exact) mass is 475 g/mol. The van der Waals surface area contributed by atoms with Gasteiger partial charge < -0.3 is 15.6 Å². The van der Waals surface area contributed by atoms with Crippen molar-refractivity contribution in [3.8, 4) is 0 Å². The number of nitrogens with one attached hydrogen (secondary N) is 1. The molecular formula is C24H19F2N7O2. The summed E-state index contributed by atoms with van der Waals surface area (Å²) in [7, 11) is 0. The number of nitrogens with zero attached hydrogens (tertiary/aromatic N) is 5. The second-order valence-corrected chi connectivity index (χ2v) is 7.84. The molecule has 0 saturated heterocycles. The molecule has 0 aliphatic carbocycles. The van der Waals surface area contributed by atoms with E-state index in [1.54, 1.807) is 29.3 Å². The number of nitrogen functional groups attached to an aromatic ring is 1. The van der Waals surface area contributed by atoms with Crippen molar-refractivity contribution < 1.29 is 18.1 Å². The number of carbonyl (C=O) groups excluding carboxylic acids is 1. The van der Waals surface area contributed by atoms with E-state index in [0.717, 1.165) is 6.07 Å². The maximum Gasteiger partial charge on any atom is 0.255 e. The van der Waals surface area contributed by atoms with Gasteiger partial charge in [-0.25, -0.2) is 18.7 Å². The van der Waals surface area contributed by atoms with Gasteiger partial charge in [-0.1, -0.05) is 29.4 Å². The Morgan fingerprint density at radius 1 is 1.17 bits per heavy atom. The molecule has 0 spiro atoms. The van der Waals surface area contributed by atoms with Crippen molar-refractivity contribution in [1.29, 1.82) is 0 Å². The van der Waals surface area contributed by atoms with E-state index < -0.39 is 11.7 Å². The number of amides is 1. The summed E-state index contributed by atoms with van der Waals surface area (Å²) in [6, 6.07) is 13.1. The molecule has 4 aromatic rings. The number of carbonyl (C=O) groups is 1. The lowest BCUT2D eigenvalue weighted by molar-refractivity contribution is 0.102. The predicted molar refractivity (Wildman–Crippen MR) is 123 cm³/mol. The summed E-state index contributed by atoms with van der Waals surface area (Å²) in [5, 5.41) is 12.9. The molecule has 0 radical (unpaired) electrons. The van der Waals surface area contributed by atoms with Gasteiger partial charge in [0.25, 0.3) is 5.91 Å². The zero-order chi connectivity index (χ0) is 24.4. The highest BCUT2D eigenvalue weighted by molar-refractivity contribution is 6.05. The summed E-state index contributed by atoms with van der Waals surface area (Å²) in [6.07, 6.45) is 3.20. The van der Waals surface area contributed by atoms with Crippen molar-refractivity contribution in [2.75, 3.05) is 11.1 Å². The maximum atomic E-state index is 14.3. The molecule has 176 valence electrons. The largest absolute Gasteiger partial charge is 0.382 e. The third-order valence-corrected chi connectivity index (χ3v) is 5.50. The molecule has 2 aromatic heterocycles. The highest BCUT2D eigenvalue weighted by atomic mass is 19.1. The first-order valence-corrected chi connectivity index (χ1v) is 10.7. The molecule has 2 aromatic carbocycles. The van der Waals surface area contributed by atoms with Gasteiger partial charge in [-0.15, -0.1) is 0 Å². The maximum absolute atomic E-state index is 14.3. The number of aromatic nitrogens is 3. The SMILES string of the molecule is Nc1nc(C2=NN(Cc3ccccc3F)C(c3ccon3)C2)ncc1NC(=O)c1cccc(F)c1. The average Bonchev–Trinajstić information content (AvgIpc) is 3.52. The molecule has 1 unspecified atom stereocenters. The van der Waals surface area contributed by atoms with E-state index in [4.69, 9.17) is 10.3 Å². The second-order valence-electron chi connectivity index (χ2n) is 7.84. The van der Waals surface area contributed by atoms with E-state index in [0.29, 0.717) is 23.4 Å². The van der Waals surface area contributed by atoms with Crippen LogP contribution in [0.25, 0.3) is 0 Å². The average molecular weight is 475 g/mol. The molecule has 35 heavy (non-hydrogen) atoms. The fourth-order valence-corrected chi connectivity index (χ4v) is 3.74. The topological polar surface area (TPSA) is 123 Å². The first-order valence-electron chi connectivity index (χ1n) is 10.7. The molecule has 0 bridgehead atoms. The number of hydrogen-bond donors (Lipinski definition) is 2. The summed E-state index contributed by atoms with van der Waals surface area (Å²) in [5.41, 5.74) is 8.00. The molecule has 1 amide bonds. The summed E-state index contributed by atoms with van der Waals surface area (Å²) in [6.45, 7) is 0.199. The predicted octanol–water partition coefficient (Wildman–Crippen LogP) is 3.93.